The van der Waals surface area contributed by atoms with E-state index < -0.39 is 17.9 Å². The van der Waals surface area contributed by atoms with Gasteiger partial charge in [0.15, 0.2) is 6.10 Å². The minimum Gasteiger partial charge on any atom is -0.481 e. The first-order valence-corrected chi connectivity index (χ1v) is 9.58. The highest BCUT2D eigenvalue weighted by Crippen LogP contribution is 2.19. The fourth-order valence-electron chi connectivity index (χ4n) is 2.80. The average Bonchev–Trinajstić information content (AvgIpc) is 2.78. The summed E-state index contributed by atoms with van der Waals surface area (Å²) in [6.45, 7) is 3.70. The number of hydrogen-bond acceptors (Lipinski definition) is 3. The maximum absolute atomic E-state index is 12.3. The van der Waals surface area contributed by atoms with Crippen molar-refractivity contribution in [2.24, 2.45) is 0 Å². The van der Waals surface area contributed by atoms with Crippen LogP contribution in [0.3, 0.4) is 0 Å². The van der Waals surface area contributed by atoms with Crippen LogP contribution in [0.4, 0.5) is 0 Å². The van der Waals surface area contributed by atoms with Gasteiger partial charge in [0.2, 0.25) is 0 Å². The number of aryl methyl sites for hydroxylation is 1. The molecule has 0 aromatic heterocycles. The summed E-state index contributed by atoms with van der Waals surface area (Å²) >= 11 is 0. The Hall–Kier alpha value is -3.60. The van der Waals surface area contributed by atoms with Crippen LogP contribution in [-0.4, -0.2) is 17.9 Å². The molecule has 2 amide bonds. The van der Waals surface area contributed by atoms with E-state index in [4.69, 9.17) is 4.74 Å². The van der Waals surface area contributed by atoms with Crippen molar-refractivity contribution in [1.82, 2.24) is 10.9 Å². The molecular formula is C24H24N2O3. The van der Waals surface area contributed by atoms with Gasteiger partial charge in [-0.3, -0.25) is 20.4 Å². The summed E-state index contributed by atoms with van der Waals surface area (Å²) < 4.78 is 5.62. The summed E-state index contributed by atoms with van der Waals surface area (Å²) in [5.41, 5.74) is 8.57. The first-order chi connectivity index (χ1) is 14.1. The summed E-state index contributed by atoms with van der Waals surface area (Å²) in [4.78, 5) is 24.5. The number of carbonyl (C=O) groups is 2. The fourth-order valence-corrected chi connectivity index (χ4v) is 2.80. The summed E-state index contributed by atoms with van der Waals surface area (Å²) in [5, 5.41) is 0. The first-order valence-electron chi connectivity index (χ1n) is 9.58. The van der Waals surface area contributed by atoms with Crippen molar-refractivity contribution >= 4 is 11.8 Å². The van der Waals surface area contributed by atoms with E-state index in [1.165, 1.54) is 5.56 Å². The normalized spacial score (nSPS) is 11.4. The molecule has 2 N–H and O–H groups in total. The lowest BCUT2D eigenvalue weighted by molar-refractivity contribution is -0.128. The monoisotopic (exact) mass is 388 g/mol. The molecule has 5 nitrogen and oxygen atoms in total. The maximum Gasteiger partial charge on any atom is 0.279 e. The highest BCUT2D eigenvalue weighted by molar-refractivity contribution is 5.96. The molecule has 148 valence electrons. The Morgan fingerprint density at radius 3 is 2.07 bits per heavy atom. The van der Waals surface area contributed by atoms with Gasteiger partial charge in [0.05, 0.1) is 0 Å². The minimum atomic E-state index is -0.747. The smallest absolute Gasteiger partial charge is 0.279 e. The summed E-state index contributed by atoms with van der Waals surface area (Å²) in [6.07, 6.45) is 0.192. The molecular weight excluding hydrogens is 364 g/mol. The Labute approximate surface area is 170 Å². The lowest BCUT2D eigenvalue weighted by Gasteiger charge is -2.15. The third-order valence-electron chi connectivity index (χ3n) is 4.57. The van der Waals surface area contributed by atoms with Crippen LogP contribution in [0.15, 0.2) is 78.9 Å². The van der Waals surface area contributed by atoms with Crippen molar-refractivity contribution in [3.05, 3.63) is 90.0 Å². The van der Waals surface area contributed by atoms with Gasteiger partial charge in [-0.05, 0) is 54.3 Å². The van der Waals surface area contributed by atoms with Gasteiger partial charge in [0.25, 0.3) is 11.8 Å². The van der Waals surface area contributed by atoms with Gasteiger partial charge in [-0.25, -0.2) is 0 Å². The average molecular weight is 388 g/mol. The maximum atomic E-state index is 12.3. The Kier molecular flexibility index (Phi) is 6.63. The van der Waals surface area contributed by atoms with Crippen LogP contribution in [0, 0.1) is 0 Å². The zero-order chi connectivity index (χ0) is 20.6. The van der Waals surface area contributed by atoms with Crippen molar-refractivity contribution in [1.29, 1.82) is 0 Å². The van der Waals surface area contributed by atoms with E-state index in [0.29, 0.717) is 11.3 Å². The number of hydrazine groups is 1. The third-order valence-corrected chi connectivity index (χ3v) is 4.57. The molecule has 0 bridgehead atoms. The second-order valence-electron chi connectivity index (χ2n) is 6.64. The molecule has 3 aromatic rings. The predicted molar refractivity (Wildman–Crippen MR) is 113 cm³/mol. The van der Waals surface area contributed by atoms with Gasteiger partial charge in [-0.2, -0.15) is 0 Å². The Bertz CT molecular complexity index is 952. The van der Waals surface area contributed by atoms with Crippen LogP contribution in [0.5, 0.6) is 5.75 Å². The molecule has 0 aliphatic carbocycles. The predicted octanol–water partition coefficient (Wildman–Crippen LogP) is 4.14. The molecule has 0 heterocycles. The van der Waals surface area contributed by atoms with Crippen molar-refractivity contribution < 1.29 is 14.3 Å². The van der Waals surface area contributed by atoms with E-state index in [0.717, 1.165) is 17.5 Å². The van der Waals surface area contributed by atoms with Crippen LogP contribution in [0.25, 0.3) is 11.1 Å². The Balaban J connectivity index is 1.52. The number of nitrogens with one attached hydrogen (secondary N) is 2. The van der Waals surface area contributed by atoms with Gasteiger partial charge in [-0.15, -0.1) is 0 Å². The summed E-state index contributed by atoms with van der Waals surface area (Å²) in [7, 11) is 0. The number of ether oxygens (including phenoxy) is 1. The molecule has 5 heteroatoms. The Morgan fingerprint density at radius 2 is 1.45 bits per heavy atom. The van der Waals surface area contributed by atoms with Crippen molar-refractivity contribution in [3.63, 3.8) is 0 Å². The minimum absolute atomic E-state index is 0.391. The Morgan fingerprint density at radius 1 is 0.828 bits per heavy atom. The standard InChI is InChI=1S/C24H24N2O3/c1-3-18-9-15-22(16-10-18)29-17(2)23(27)25-26-24(28)21-13-11-20(12-14-21)19-7-5-4-6-8-19/h4-17H,3H2,1-2H3,(H,25,27)(H,26,28). The molecule has 0 radical (unpaired) electrons. The second-order valence-corrected chi connectivity index (χ2v) is 6.64. The van der Waals surface area contributed by atoms with Crippen molar-refractivity contribution in [2.75, 3.05) is 0 Å². The number of carbonyl (C=O) groups excluding carboxylic acids is 2. The molecule has 0 saturated carbocycles. The zero-order valence-electron chi connectivity index (χ0n) is 16.5. The molecule has 0 fully saturated rings. The topological polar surface area (TPSA) is 67.4 Å². The second kappa shape index (κ2) is 9.55. The highest BCUT2D eigenvalue weighted by Gasteiger charge is 2.16. The molecule has 0 aliphatic rings. The van der Waals surface area contributed by atoms with E-state index in [-0.39, 0.29) is 0 Å². The van der Waals surface area contributed by atoms with E-state index >= 15 is 0 Å². The lowest BCUT2D eigenvalue weighted by Crippen LogP contribution is -2.47. The van der Waals surface area contributed by atoms with Crippen LogP contribution < -0.4 is 15.6 Å². The van der Waals surface area contributed by atoms with Crippen molar-refractivity contribution in [2.45, 2.75) is 26.4 Å². The van der Waals surface area contributed by atoms with E-state index in [2.05, 4.69) is 17.8 Å². The fraction of sp³-hybridized carbons (Fsp3) is 0.167. The number of benzene rings is 3. The molecule has 29 heavy (non-hydrogen) atoms. The van der Waals surface area contributed by atoms with E-state index in [1.807, 2.05) is 66.7 Å². The van der Waals surface area contributed by atoms with Gasteiger partial charge in [-0.1, -0.05) is 61.5 Å². The van der Waals surface area contributed by atoms with Gasteiger partial charge < -0.3 is 4.74 Å². The van der Waals surface area contributed by atoms with Crippen LogP contribution in [0.2, 0.25) is 0 Å². The highest BCUT2D eigenvalue weighted by atomic mass is 16.5. The van der Waals surface area contributed by atoms with Gasteiger partial charge in [0, 0.05) is 5.56 Å². The summed E-state index contributed by atoms with van der Waals surface area (Å²) in [6, 6.07) is 24.7. The quantitative estimate of drug-likeness (QED) is 0.624. The molecule has 3 rings (SSSR count). The molecule has 0 spiro atoms. The van der Waals surface area contributed by atoms with Crippen molar-refractivity contribution in [3.8, 4) is 16.9 Å². The van der Waals surface area contributed by atoms with Crippen LogP contribution in [-0.2, 0) is 11.2 Å². The zero-order valence-corrected chi connectivity index (χ0v) is 16.5. The molecule has 0 saturated heterocycles. The third kappa shape index (κ3) is 5.45. The largest absolute Gasteiger partial charge is 0.481 e. The summed E-state index contributed by atoms with van der Waals surface area (Å²) in [5.74, 6) is -0.219. The van der Waals surface area contributed by atoms with Crippen LogP contribution >= 0.6 is 0 Å². The molecule has 0 aliphatic heterocycles. The molecule has 1 atom stereocenters. The molecule has 1 unspecified atom stereocenters. The SMILES string of the molecule is CCc1ccc(OC(C)C(=O)NNC(=O)c2ccc(-c3ccccc3)cc2)cc1. The van der Waals surface area contributed by atoms with Crippen LogP contribution in [0.1, 0.15) is 29.8 Å². The molecule has 3 aromatic carbocycles. The first kappa shape index (κ1) is 20.1. The number of amides is 2. The van der Waals surface area contributed by atoms with Gasteiger partial charge >= 0.3 is 0 Å². The number of rotatable bonds is 6. The van der Waals surface area contributed by atoms with E-state index in [9.17, 15) is 9.59 Å². The van der Waals surface area contributed by atoms with Gasteiger partial charge in [0.1, 0.15) is 5.75 Å². The lowest BCUT2D eigenvalue weighted by atomic mass is 10.0. The van der Waals surface area contributed by atoms with E-state index in [1.54, 1.807) is 19.1 Å². The number of hydrogen-bond donors (Lipinski definition) is 2.